The molecule has 0 saturated carbocycles. The van der Waals surface area contributed by atoms with Gasteiger partial charge in [-0.1, -0.05) is 0 Å². The zero-order valence-corrected chi connectivity index (χ0v) is 19.5. The van der Waals surface area contributed by atoms with Crippen molar-refractivity contribution in [1.29, 1.82) is 0 Å². The monoisotopic (exact) mass is 469 g/mol. The number of allylic oxidation sites excluding steroid dienone is 2. The van der Waals surface area contributed by atoms with Gasteiger partial charge in [-0.15, -0.1) is 0 Å². The van der Waals surface area contributed by atoms with Gasteiger partial charge >= 0.3 is 0 Å². The second-order valence-corrected chi connectivity index (χ2v) is 8.35. The number of benzene rings is 1. The summed E-state index contributed by atoms with van der Waals surface area (Å²) in [5, 5.41) is 4.07. The fourth-order valence-corrected chi connectivity index (χ4v) is 4.17. The number of methoxy groups -OCH3 is 2. The van der Waals surface area contributed by atoms with Crippen LogP contribution >= 0.6 is 0 Å². The topological polar surface area (TPSA) is 97.5 Å². The summed E-state index contributed by atoms with van der Waals surface area (Å²) in [5.41, 5.74) is 9.52. The molecule has 0 amide bonds. The molecule has 9 heteroatoms. The first-order valence-electron chi connectivity index (χ1n) is 11.2. The molecule has 2 aromatic heterocycles. The Labute approximate surface area is 197 Å². The Morgan fingerprint density at radius 2 is 1.85 bits per heavy atom. The van der Waals surface area contributed by atoms with E-state index in [1.807, 2.05) is 19.2 Å². The average molecular weight is 470 g/mol. The molecule has 3 aromatic rings. The van der Waals surface area contributed by atoms with Crippen molar-refractivity contribution in [3.05, 3.63) is 58.5 Å². The first-order chi connectivity index (χ1) is 16.4. The molecule has 34 heavy (non-hydrogen) atoms. The number of aromatic nitrogens is 2. The van der Waals surface area contributed by atoms with Crippen molar-refractivity contribution in [3.63, 3.8) is 0 Å². The number of halogens is 2. The van der Waals surface area contributed by atoms with E-state index in [0.717, 1.165) is 42.5 Å². The molecule has 0 bridgehead atoms. The van der Waals surface area contributed by atoms with E-state index in [2.05, 4.69) is 15.3 Å². The van der Waals surface area contributed by atoms with E-state index in [-0.39, 0.29) is 29.5 Å². The predicted octanol–water partition coefficient (Wildman–Crippen LogP) is 3.96. The molecule has 180 valence electrons. The van der Waals surface area contributed by atoms with Gasteiger partial charge in [-0.3, -0.25) is 4.99 Å². The van der Waals surface area contributed by atoms with Crippen molar-refractivity contribution in [3.8, 4) is 11.5 Å². The van der Waals surface area contributed by atoms with Crippen LogP contribution in [0.3, 0.4) is 0 Å². The SMILES string of the molecule is COc1cc(OC)c(F)c(Cc2c[nH]c3ncc(C(C=NC4CCNCC4)=C(C)N)cc23)c1F. The van der Waals surface area contributed by atoms with Crippen LogP contribution in [-0.4, -0.2) is 49.5 Å². The summed E-state index contributed by atoms with van der Waals surface area (Å²) in [7, 11) is 2.66. The van der Waals surface area contributed by atoms with E-state index in [9.17, 15) is 8.78 Å². The number of nitrogens with two attached hydrogens (primary N) is 1. The lowest BCUT2D eigenvalue weighted by Gasteiger charge is -2.19. The molecule has 0 aliphatic carbocycles. The lowest BCUT2D eigenvalue weighted by molar-refractivity contribution is 0.354. The molecule has 0 spiro atoms. The summed E-state index contributed by atoms with van der Waals surface area (Å²) in [6, 6.07) is 3.37. The van der Waals surface area contributed by atoms with Crippen LogP contribution in [0.5, 0.6) is 11.5 Å². The van der Waals surface area contributed by atoms with Gasteiger partial charge in [-0.2, -0.15) is 0 Å². The van der Waals surface area contributed by atoms with E-state index in [4.69, 9.17) is 20.2 Å². The first kappa shape index (κ1) is 23.7. The van der Waals surface area contributed by atoms with Crippen LogP contribution < -0.4 is 20.5 Å². The van der Waals surface area contributed by atoms with Crippen molar-refractivity contribution in [2.24, 2.45) is 10.7 Å². The number of aromatic amines is 1. The molecule has 4 rings (SSSR count). The van der Waals surface area contributed by atoms with E-state index < -0.39 is 11.6 Å². The van der Waals surface area contributed by atoms with Gasteiger partial charge in [0.15, 0.2) is 23.1 Å². The minimum absolute atomic E-state index is 0.0137. The van der Waals surface area contributed by atoms with Crippen molar-refractivity contribution >= 4 is 22.8 Å². The maximum absolute atomic E-state index is 14.9. The summed E-state index contributed by atoms with van der Waals surface area (Å²) in [6.07, 6.45) is 7.18. The van der Waals surface area contributed by atoms with Gasteiger partial charge in [0, 0.05) is 58.9 Å². The minimum Gasteiger partial charge on any atom is -0.494 e. The minimum atomic E-state index is -0.758. The summed E-state index contributed by atoms with van der Waals surface area (Å²) < 4.78 is 40.0. The molecular weight excluding hydrogens is 440 g/mol. The molecule has 1 aromatic carbocycles. The Bertz CT molecular complexity index is 1210. The van der Waals surface area contributed by atoms with Crippen LogP contribution in [0.4, 0.5) is 8.78 Å². The van der Waals surface area contributed by atoms with Crippen LogP contribution in [0.2, 0.25) is 0 Å². The predicted molar refractivity (Wildman–Crippen MR) is 130 cm³/mol. The molecular formula is C25H29F2N5O2. The first-order valence-corrected chi connectivity index (χ1v) is 11.2. The van der Waals surface area contributed by atoms with Gasteiger partial charge in [0.05, 0.1) is 20.3 Å². The standard InChI is InChI=1S/C25H29F2N5O2/c1-14(28)20(13-30-17-4-6-29-7-5-17)16-8-18-15(11-31-25(18)32-12-16)9-19-23(26)21(33-2)10-22(34-3)24(19)27/h8,10-13,17,29H,4-7,9,28H2,1-3H3,(H,31,32). The number of hydrogen-bond acceptors (Lipinski definition) is 6. The molecule has 1 aliphatic rings. The van der Waals surface area contributed by atoms with Crippen LogP contribution in [0, 0.1) is 11.6 Å². The van der Waals surface area contributed by atoms with E-state index in [1.54, 1.807) is 12.4 Å². The summed E-state index contributed by atoms with van der Waals surface area (Å²) in [5.74, 6) is -1.67. The Balaban J connectivity index is 1.71. The van der Waals surface area contributed by atoms with Crippen LogP contribution in [0.15, 0.2) is 35.2 Å². The Kier molecular flexibility index (Phi) is 7.12. The fraction of sp³-hybridized carbons (Fsp3) is 0.360. The molecule has 7 nitrogen and oxygen atoms in total. The van der Waals surface area contributed by atoms with Crippen molar-refractivity contribution in [2.75, 3.05) is 27.3 Å². The third kappa shape index (κ3) is 4.75. The zero-order valence-electron chi connectivity index (χ0n) is 19.5. The third-order valence-electron chi connectivity index (χ3n) is 6.11. The fourth-order valence-electron chi connectivity index (χ4n) is 4.17. The number of nitrogens with one attached hydrogen (secondary N) is 2. The smallest absolute Gasteiger partial charge is 0.171 e. The lowest BCUT2D eigenvalue weighted by Crippen LogP contribution is -2.29. The molecule has 1 fully saturated rings. The highest BCUT2D eigenvalue weighted by Gasteiger charge is 2.22. The van der Waals surface area contributed by atoms with Gasteiger partial charge in [-0.05, 0) is 44.5 Å². The van der Waals surface area contributed by atoms with Crippen LogP contribution in [0.25, 0.3) is 16.6 Å². The van der Waals surface area contributed by atoms with Gasteiger partial charge in [0.25, 0.3) is 0 Å². The average Bonchev–Trinajstić information content (AvgIpc) is 3.24. The number of fused-ring (bicyclic) bond motifs is 1. The Morgan fingerprint density at radius 3 is 2.47 bits per heavy atom. The number of hydrogen-bond donors (Lipinski definition) is 3. The molecule has 1 saturated heterocycles. The van der Waals surface area contributed by atoms with Crippen LogP contribution in [-0.2, 0) is 6.42 Å². The van der Waals surface area contributed by atoms with E-state index in [0.29, 0.717) is 16.9 Å². The maximum Gasteiger partial charge on any atom is 0.171 e. The number of rotatable bonds is 7. The zero-order chi connectivity index (χ0) is 24.2. The van der Waals surface area contributed by atoms with E-state index >= 15 is 0 Å². The number of piperidine rings is 1. The largest absolute Gasteiger partial charge is 0.494 e. The quantitative estimate of drug-likeness (QED) is 0.455. The highest BCUT2D eigenvalue weighted by Crippen LogP contribution is 2.34. The molecule has 1 aliphatic heterocycles. The summed E-state index contributed by atoms with van der Waals surface area (Å²) in [4.78, 5) is 12.3. The second kappa shape index (κ2) is 10.2. The highest BCUT2D eigenvalue weighted by atomic mass is 19.1. The van der Waals surface area contributed by atoms with Crippen molar-refractivity contribution in [1.82, 2.24) is 15.3 Å². The number of nitrogens with zero attached hydrogens (tertiary/aromatic N) is 2. The van der Waals surface area contributed by atoms with Crippen molar-refractivity contribution < 1.29 is 18.3 Å². The summed E-state index contributed by atoms with van der Waals surface area (Å²) in [6.45, 7) is 3.72. The van der Waals surface area contributed by atoms with Gasteiger partial charge in [-0.25, -0.2) is 13.8 Å². The van der Waals surface area contributed by atoms with E-state index in [1.165, 1.54) is 20.3 Å². The van der Waals surface area contributed by atoms with Gasteiger partial charge in [0.2, 0.25) is 0 Å². The molecule has 0 radical (unpaired) electrons. The van der Waals surface area contributed by atoms with Gasteiger partial charge < -0.3 is 25.5 Å². The number of H-pyrrole nitrogens is 1. The molecule has 0 unspecified atom stereocenters. The number of ether oxygens (including phenoxy) is 2. The van der Waals surface area contributed by atoms with Gasteiger partial charge in [0.1, 0.15) is 5.65 Å². The normalized spacial score (nSPS) is 15.7. The lowest BCUT2D eigenvalue weighted by atomic mass is 10.0. The molecule has 3 heterocycles. The van der Waals surface area contributed by atoms with Crippen LogP contribution in [0.1, 0.15) is 36.5 Å². The summed E-state index contributed by atoms with van der Waals surface area (Å²) >= 11 is 0. The second-order valence-electron chi connectivity index (χ2n) is 8.35. The number of pyridine rings is 1. The Morgan fingerprint density at radius 1 is 1.18 bits per heavy atom. The van der Waals surface area contributed by atoms with Crippen molar-refractivity contribution in [2.45, 2.75) is 32.2 Å². The number of aliphatic imine (C=N–C) groups is 1. The molecule has 4 N–H and O–H groups in total. The molecule has 0 atom stereocenters. The Hall–Kier alpha value is -3.46. The third-order valence-corrected chi connectivity index (χ3v) is 6.11. The maximum atomic E-state index is 14.9. The highest BCUT2D eigenvalue weighted by molar-refractivity contribution is 6.11.